The van der Waals surface area contributed by atoms with Crippen molar-refractivity contribution in [3.05, 3.63) is 34.7 Å². The fraction of sp³-hybridized carbons (Fsp3) is 0.286. The number of carbonyl (C=O) groups excluding carboxylic acids is 1. The Bertz CT molecular complexity index is 563. The first-order valence-corrected chi connectivity index (χ1v) is 7.62. The molecule has 2 saturated heterocycles. The van der Waals surface area contributed by atoms with Gasteiger partial charge in [0.2, 0.25) is 0 Å². The summed E-state index contributed by atoms with van der Waals surface area (Å²) in [6.45, 7) is 3.40. The predicted octanol–water partition coefficient (Wildman–Crippen LogP) is 2.01. The number of benzene rings is 1. The second kappa shape index (κ2) is 5.95. The van der Waals surface area contributed by atoms with Crippen molar-refractivity contribution in [1.82, 2.24) is 5.32 Å². The maximum atomic E-state index is 11.6. The normalized spacial score (nSPS) is 21.4. The number of hydrogen-bond acceptors (Lipinski definition) is 5. The molecule has 1 N–H and O–H groups in total. The summed E-state index contributed by atoms with van der Waals surface area (Å²) in [6.07, 6.45) is 1.86. The van der Waals surface area contributed by atoms with Gasteiger partial charge in [-0.15, -0.1) is 0 Å². The van der Waals surface area contributed by atoms with Crippen molar-refractivity contribution < 1.29 is 9.53 Å². The first-order chi connectivity index (χ1) is 9.72. The number of amides is 1. The van der Waals surface area contributed by atoms with Crippen LogP contribution in [0.5, 0.6) is 0 Å². The van der Waals surface area contributed by atoms with Crippen LogP contribution in [0.25, 0.3) is 6.08 Å². The lowest BCUT2D eigenvalue weighted by Crippen LogP contribution is -2.36. The van der Waals surface area contributed by atoms with Gasteiger partial charge in [-0.05, 0) is 23.8 Å². The van der Waals surface area contributed by atoms with Gasteiger partial charge < -0.3 is 15.0 Å². The van der Waals surface area contributed by atoms with E-state index in [1.54, 1.807) is 0 Å². The van der Waals surface area contributed by atoms with Gasteiger partial charge in [0.05, 0.1) is 18.1 Å². The van der Waals surface area contributed by atoms with E-state index in [9.17, 15) is 4.79 Å². The first-order valence-electron chi connectivity index (χ1n) is 6.40. The Hall–Kier alpha value is -1.37. The Morgan fingerprint density at radius 2 is 1.95 bits per heavy atom. The van der Waals surface area contributed by atoms with E-state index in [4.69, 9.17) is 17.0 Å². The molecular formula is C14H14N2O2S2. The lowest BCUT2D eigenvalue weighted by molar-refractivity contribution is -0.115. The van der Waals surface area contributed by atoms with Gasteiger partial charge in [-0.1, -0.05) is 36.1 Å². The van der Waals surface area contributed by atoms with E-state index in [0.717, 1.165) is 31.9 Å². The molecule has 2 aliphatic heterocycles. The number of thioether (sulfide) groups is 1. The van der Waals surface area contributed by atoms with Crippen LogP contribution in [-0.4, -0.2) is 36.5 Å². The van der Waals surface area contributed by atoms with Crippen molar-refractivity contribution in [2.45, 2.75) is 0 Å². The van der Waals surface area contributed by atoms with Crippen molar-refractivity contribution in [3.63, 3.8) is 0 Å². The molecule has 0 radical (unpaired) electrons. The van der Waals surface area contributed by atoms with E-state index in [-0.39, 0.29) is 5.91 Å². The van der Waals surface area contributed by atoms with Gasteiger partial charge in [-0.2, -0.15) is 0 Å². The van der Waals surface area contributed by atoms with Gasteiger partial charge in [-0.3, -0.25) is 4.79 Å². The van der Waals surface area contributed by atoms with Crippen molar-refractivity contribution >= 4 is 46.0 Å². The molecule has 4 nitrogen and oxygen atoms in total. The summed E-state index contributed by atoms with van der Waals surface area (Å²) in [5.74, 6) is -0.114. The molecule has 2 fully saturated rings. The lowest BCUT2D eigenvalue weighted by Gasteiger charge is -2.28. The largest absolute Gasteiger partial charge is 0.378 e. The summed E-state index contributed by atoms with van der Waals surface area (Å²) in [5.41, 5.74) is 2.19. The van der Waals surface area contributed by atoms with E-state index in [1.807, 2.05) is 18.2 Å². The first kappa shape index (κ1) is 13.6. The van der Waals surface area contributed by atoms with Gasteiger partial charge >= 0.3 is 0 Å². The van der Waals surface area contributed by atoms with Crippen LogP contribution in [0.3, 0.4) is 0 Å². The Labute approximate surface area is 127 Å². The Morgan fingerprint density at radius 3 is 2.55 bits per heavy atom. The number of nitrogens with zero attached hydrogens (tertiary/aromatic N) is 1. The number of ether oxygens (including phenoxy) is 1. The van der Waals surface area contributed by atoms with Crippen molar-refractivity contribution in [2.24, 2.45) is 0 Å². The third-order valence-electron chi connectivity index (χ3n) is 3.21. The van der Waals surface area contributed by atoms with Crippen LogP contribution in [0, 0.1) is 0 Å². The predicted molar refractivity (Wildman–Crippen MR) is 85.8 cm³/mol. The number of nitrogens with one attached hydrogen (secondary N) is 1. The Kier molecular flexibility index (Phi) is 4.05. The minimum absolute atomic E-state index is 0.114. The smallest absolute Gasteiger partial charge is 0.263 e. The minimum Gasteiger partial charge on any atom is -0.378 e. The quantitative estimate of drug-likeness (QED) is 0.669. The van der Waals surface area contributed by atoms with Crippen LogP contribution in [0.15, 0.2) is 29.2 Å². The molecule has 2 heterocycles. The van der Waals surface area contributed by atoms with Crippen LogP contribution in [0.1, 0.15) is 5.56 Å². The van der Waals surface area contributed by atoms with Crippen molar-refractivity contribution in [3.8, 4) is 0 Å². The molecule has 0 bridgehead atoms. The summed E-state index contributed by atoms with van der Waals surface area (Å²) in [7, 11) is 0. The number of carbonyl (C=O) groups is 1. The van der Waals surface area contributed by atoms with E-state index >= 15 is 0 Å². The SMILES string of the molecule is O=C1NC(=S)S/C1=C/c1ccc(N2CCOCC2)cc1. The van der Waals surface area contributed by atoms with Gasteiger partial charge in [0, 0.05) is 18.8 Å². The maximum absolute atomic E-state index is 11.6. The molecule has 1 amide bonds. The molecule has 0 atom stereocenters. The van der Waals surface area contributed by atoms with Crippen LogP contribution < -0.4 is 10.2 Å². The minimum atomic E-state index is -0.114. The van der Waals surface area contributed by atoms with Gasteiger partial charge in [0.1, 0.15) is 4.32 Å². The highest BCUT2D eigenvalue weighted by atomic mass is 32.2. The van der Waals surface area contributed by atoms with Crippen LogP contribution in [0.4, 0.5) is 5.69 Å². The summed E-state index contributed by atoms with van der Waals surface area (Å²) < 4.78 is 5.86. The van der Waals surface area contributed by atoms with Gasteiger partial charge in [0.25, 0.3) is 5.91 Å². The Morgan fingerprint density at radius 1 is 1.25 bits per heavy atom. The summed E-state index contributed by atoms with van der Waals surface area (Å²) in [5, 5.41) is 2.62. The molecular weight excluding hydrogens is 292 g/mol. The third-order valence-corrected chi connectivity index (χ3v) is 4.37. The molecule has 0 saturated carbocycles. The number of thiocarbonyl (C=S) groups is 1. The highest BCUT2D eigenvalue weighted by Gasteiger charge is 2.21. The maximum Gasteiger partial charge on any atom is 0.263 e. The van der Waals surface area contributed by atoms with Crippen LogP contribution in [-0.2, 0) is 9.53 Å². The number of morpholine rings is 1. The number of rotatable bonds is 2. The summed E-state index contributed by atoms with van der Waals surface area (Å²) >= 11 is 6.27. The molecule has 0 unspecified atom stereocenters. The molecule has 1 aromatic carbocycles. The second-order valence-electron chi connectivity index (χ2n) is 4.54. The Balaban J connectivity index is 1.74. The zero-order chi connectivity index (χ0) is 13.9. The molecule has 0 aromatic heterocycles. The van der Waals surface area contributed by atoms with Crippen LogP contribution >= 0.6 is 24.0 Å². The van der Waals surface area contributed by atoms with E-state index in [2.05, 4.69) is 22.3 Å². The molecule has 1 aromatic rings. The average Bonchev–Trinajstić information content (AvgIpc) is 2.79. The van der Waals surface area contributed by atoms with E-state index in [0.29, 0.717) is 9.23 Å². The highest BCUT2D eigenvalue weighted by Crippen LogP contribution is 2.26. The molecule has 0 aliphatic carbocycles. The number of anilines is 1. The fourth-order valence-electron chi connectivity index (χ4n) is 2.18. The molecule has 0 spiro atoms. The molecule has 3 rings (SSSR count). The standard InChI is InChI=1S/C14H14N2O2S2/c17-13-12(20-14(19)15-13)9-10-1-3-11(4-2-10)16-5-7-18-8-6-16/h1-4,9H,5-8H2,(H,15,17,19)/b12-9+. The third kappa shape index (κ3) is 3.03. The zero-order valence-corrected chi connectivity index (χ0v) is 12.4. The van der Waals surface area contributed by atoms with Crippen molar-refractivity contribution in [2.75, 3.05) is 31.2 Å². The summed E-state index contributed by atoms with van der Waals surface area (Å²) in [6, 6.07) is 8.20. The monoisotopic (exact) mass is 306 g/mol. The van der Waals surface area contributed by atoms with Gasteiger partial charge in [-0.25, -0.2) is 0 Å². The van der Waals surface area contributed by atoms with E-state index < -0.39 is 0 Å². The average molecular weight is 306 g/mol. The lowest BCUT2D eigenvalue weighted by atomic mass is 10.1. The molecule has 6 heteroatoms. The molecule has 20 heavy (non-hydrogen) atoms. The zero-order valence-electron chi connectivity index (χ0n) is 10.8. The fourth-order valence-corrected chi connectivity index (χ4v) is 3.22. The van der Waals surface area contributed by atoms with Crippen molar-refractivity contribution in [1.29, 1.82) is 0 Å². The van der Waals surface area contributed by atoms with Gasteiger partial charge in [0.15, 0.2) is 0 Å². The highest BCUT2D eigenvalue weighted by molar-refractivity contribution is 8.26. The van der Waals surface area contributed by atoms with Crippen LogP contribution in [0.2, 0.25) is 0 Å². The number of hydrogen-bond donors (Lipinski definition) is 1. The molecule has 104 valence electrons. The summed E-state index contributed by atoms with van der Waals surface area (Å²) in [4.78, 5) is 14.5. The van der Waals surface area contributed by atoms with E-state index in [1.165, 1.54) is 17.4 Å². The second-order valence-corrected chi connectivity index (χ2v) is 6.26. The topological polar surface area (TPSA) is 41.6 Å². The molecule has 2 aliphatic rings.